The van der Waals surface area contributed by atoms with Gasteiger partial charge in [-0.3, -0.25) is 4.57 Å². The molecule has 4 heterocycles. The number of amidine groups is 1. The minimum Gasteiger partial charge on any atom is -0.456 e. The van der Waals surface area contributed by atoms with Gasteiger partial charge in [0.1, 0.15) is 17.0 Å². The van der Waals surface area contributed by atoms with Gasteiger partial charge in [0, 0.05) is 64.7 Å². The van der Waals surface area contributed by atoms with Gasteiger partial charge in [0.2, 0.25) is 0 Å². The molecule has 9 aromatic carbocycles. The predicted molar refractivity (Wildman–Crippen MR) is 283 cm³/mol. The maximum absolute atomic E-state index is 6.72. The Bertz CT molecular complexity index is 4070. The zero-order valence-electron chi connectivity index (χ0n) is 36.9. The molecule has 12 aromatic rings. The molecule has 1 aliphatic heterocycles. The third-order valence-corrected chi connectivity index (χ3v) is 15.6. The lowest BCUT2D eigenvalue weighted by Gasteiger charge is -2.24. The molecule has 14 rings (SSSR count). The van der Waals surface area contributed by atoms with E-state index in [1.165, 1.54) is 69.5 Å². The van der Waals surface area contributed by atoms with Gasteiger partial charge in [-0.25, -0.2) is 9.98 Å². The number of para-hydroxylation sites is 3. The Hall–Kier alpha value is -7.86. The Morgan fingerprint density at radius 2 is 1.24 bits per heavy atom. The first-order chi connectivity index (χ1) is 33.1. The monoisotopic (exact) mass is 877 g/mol. The molecule has 0 N–H and O–H groups in total. The molecule has 0 saturated heterocycles. The van der Waals surface area contributed by atoms with E-state index in [1.807, 2.05) is 11.3 Å². The number of benzene rings is 9. The van der Waals surface area contributed by atoms with Crippen molar-refractivity contribution in [3.05, 3.63) is 222 Å². The predicted octanol–water partition coefficient (Wildman–Crippen LogP) is 16.7. The Kier molecular flexibility index (Phi) is 8.65. The second kappa shape index (κ2) is 15.1. The fourth-order valence-corrected chi connectivity index (χ4v) is 12.5. The van der Waals surface area contributed by atoms with Crippen LogP contribution in [0.2, 0.25) is 0 Å². The zero-order valence-corrected chi connectivity index (χ0v) is 37.7. The van der Waals surface area contributed by atoms with Crippen LogP contribution in [0.25, 0.3) is 91.5 Å². The van der Waals surface area contributed by atoms with Crippen molar-refractivity contribution >= 4 is 103 Å². The quantitative estimate of drug-likeness (QED) is 0.174. The molecule has 0 fully saturated rings. The van der Waals surface area contributed by atoms with E-state index >= 15 is 0 Å². The normalized spacial score (nSPS) is 18.9. The second-order valence-electron chi connectivity index (χ2n) is 18.3. The first kappa shape index (κ1) is 38.4. The van der Waals surface area contributed by atoms with E-state index in [4.69, 9.17) is 14.4 Å². The number of aromatic nitrogens is 1. The average Bonchev–Trinajstić information content (AvgIpc) is 4.01. The Balaban J connectivity index is 1.03. The standard InChI is InChI=1S/C62H43N3OS/c1-37-26-32-52(63-61(41-28-29-47-46-20-9-13-25-57(46)67-58(47)36-41)64-62(37)65-53-22-10-6-18-44(53)45-19-7-11-23-54(45)65)49-31-33-56-60(50-21-8-12-24-55(50)66-56)59(49)48-30-27-40-34-38-14-2-3-15-39(38)35-51(40)43-17-5-4-16-42(43)48/h2-25,28-29,31-37,48H,26-27,30H2,1H3/b52-32+,63-61-,64-62+. The highest BCUT2D eigenvalue weighted by Crippen LogP contribution is 2.49. The van der Waals surface area contributed by atoms with E-state index in [9.17, 15) is 0 Å². The first-order valence-electron chi connectivity index (χ1n) is 23.5. The van der Waals surface area contributed by atoms with Crippen molar-refractivity contribution in [2.75, 3.05) is 0 Å². The van der Waals surface area contributed by atoms with Crippen LogP contribution in [0.4, 0.5) is 0 Å². The first-order valence-corrected chi connectivity index (χ1v) is 24.3. The van der Waals surface area contributed by atoms with E-state index in [0.29, 0.717) is 5.84 Å². The summed E-state index contributed by atoms with van der Waals surface area (Å²) >= 11 is 1.83. The molecule has 2 unspecified atom stereocenters. The fraction of sp³-hybridized carbons (Fsp3) is 0.0968. The Morgan fingerprint density at radius 3 is 2.07 bits per heavy atom. The molecule has 3 aromatic heterocycles. The van der Waals surface area contributed by atoms with Crippen LogP contribution in [-0.2, 0) is 6.42 Å². The van der Waals surface area contributed by atoms with E-state index in [-0.39, 0.29) is 11.8 Å². The maximum Gasteiger partial charge on any atom is 0.161 e. The van der Waals surface area contributed by atoms with Crippen LogP contribution in [0.5, 0.6) is 0 Å². The van der Waals surface area contributed by atoms with Gasteiger partial charge < -0.3 is 4.42 Å². The van der Waals surface area contributed by atoms with Crippen molar-refractivity contribution in [2.45, 2.75) is 32.1 Å². The van der Waals surface area contributed by atoms with Crippen LogP contribution in [0.15, 0.2) is 209 Å². The van der Waals surface area contributed by atoms with E-state index in [0.717, 1.165) is 74.9 Å². The lowest BCUT2D eigenvalue weighted by atomic mass is 9.80. The van der Waals surface area contributed by atoms with Crippen LogP contribution in [-0.4, -0.2) is 16.2 Å². The van der Waals surface area contributed by atoms with Gasteiger partial charge in [0.05, 0.1) is 16.7 Å². The fourth-order valence-electron chi connectivity index (χ4n) is 11.4. The highest BCUT2D eigenvalue weighted by molar-refractivity contribution is 7.25. The van der Waals surface area contributed by atoms with Crippen LogP contribution < -0.4 is 0 Å². The summed E-state index contributed by atoms with van der Waals surface area (Å²) in [4.78, 5) is 11.6. The molecule has 5 heteroatoms. The number of aryl methyl sites for hydroxylation is 1. The Morgan fingerprint density at radius 1 is 0.552 bits per heavy atom. The SMILES string of the molecule is CC1C/C=C(c2ccc3oc4ccccc4c3c2C2CCc3cc4ccccc4cc3-c3ccccc32)/N=C(c2ccc3c(c2)sc2ccccc23)\N=C/1n1c2ccccc2c2ccccc21. The van der Waals surface area contributed by atoms with E-state index in [2.05, 4.69) is 206 Å². The summed E-state index contributed by atoms with van der Waals surface area (Å²) in [5, 5.41) is 9.83. The van der Waals surface area contributed by atoms with Crippen LogP contribution >= 0.6 is 11.3 Å². The Labute approximate surface area is 391 Å². The molecule has 67 heavy (non-hydrogen) atoms. The van der Waals surface area contributed by atoms with Crippen LogP contribution in [0, 0.1) is 5.92 Å². The number of hydrogen-bond donors (Lipinski definition) is 0. The zero-order chi connectivity index (χ0) is 44.2. The number of aliphatic imine (C=N–C) groups is 2. The number of rotatable bonds is 3. The van der Waals surface area contributed by atoms with E-state index < -0.39 is 0 Å². The van der Waals surface area contributed by atoms with Crippen molar-refractivity contribution < 1.29 is 4.42 Å². The largest absolute Gasteiger partial charge is 0.456 e. The van der Waals surface area contributed by atoms with E-state index in [1.54, 1.807) is 0 Å². The minimum atomic E-state index is 0.0527. The molecule has 2 aliphatic rings. The summed E-state index contributed by atoms with van der Waals surface area (Å²) in [6, 6.07) is 68.7. The average molecular weight is 878 g/mol. The summed E-state index contributed by atoms with van der Waals surface area (Å²) in [5.41, 5.74) is 13.8. The number of allylic oxidation sites excluding steroid dienone is 1. The van der Waals surface area contributed by atoms with Crippen molar-refractivity contribution in [1.82, 2.24) is 4.57 Å². The van der Waals surface area contributed by atoms with Crippen molar-refractivity contribution in [2.24, 2.45) is 15.9 Å². The minimum absolute atomic E-state index is 0.0527. The summed E-state index contributed by atoms with van der Waals surface area (Å²) < 4.78 is 11.6. The van der Waals surface area contributed by atoms with Crippen LogP contribution in [0.3, 0.4) is 0 Å². The third kappa shape index (κ3) is 6.04. The number of fused-ring (bicyclic) bond motifs is 13. The highest BCUT2D eigenvalue weighted by Gasteiger charge is 2.31. The number of furan rings is 1. The summed E-state index contributed by atoms with van der Waals surface area (Å²) in [6.45, 7) is 2.32. The van der Waals surface area contributed by atoms with Gasteiger partial charge in [-0.15, -0.1) is 11.3 Å². The summed E-state index contributed by atoms with van der Waals surface area (Å²) in [7, 11) is 0. The smallest absolute Gasteiger partial charge is 0.161 e. The van der Waals surface area contributed by atoms with Gasteiger partial charge >= 0.3 is 0 Å². The van der Waals surface area contributed by atoms with Gasteiger partial charge in [-0.05, 0) is 106 Å². The van der Waals surface area contributed by atoms with Gasteiger partial charge in [0.15, 0.2) is 5.84 Å². The molecule has 4 nitrogen and oxygen atoms in total. The molecule has 0 bridgehead atoms. The van der Waals surface area contributed by atoms with Crippen molar-refractivity contribution in [3.63, 3.8) is 0 Å². The second-order valence-corrected chi connectivity index (χ2v) is 19.4. The maximum atomic E-state index is 6.72. The molecule has 0 radical (unpaired) electrons. The number of nitrogens with zero attached hydrogens (tertiary/aromatic N) is 3. The van der Waals surface area contributed by atoms with Crippen LogP contribution in [0.1, 0.15) is 53.5 Å². The number of hydrogen-bond acceptors (Lipinski definition) is 4. The molecule has 318 valence electrons. The molecule has 0 spiro atoms. The van der Waals surface area contributed by atoms with Gasteiger partial charge in [-0.1, -0.05) is 153 Å². The molecular formula is C62H43N3OS. The van der Waals surface area contributed by atoms with Crippen molar-refractivity contribution in [3.8, 4) is 11.1 Å². The molecule has 0 amide bonds. The third-order valence-electron chi connectivity index (χ3n) is 14.5. The van der Waals surface area contributed by atoms with Gasteiger partial charge in [-0.2, -0.15) is 0 Å². The van der Waals surface area contributed by atoms with Gasteiger partial charge in [0.25, 0.3) is 0 Å². The number of thiophene rings is 1. The summed E-state index contributed by atoms with van der Waals surface area (Å²) in [5.74, 6) is 1.80. The molecule has 1 aliphatic carbocycles. The molecule has 2 atom stereocenters. The lowest BCUT2D eigenvalue weighted by Crippen LogP contribution is -2.23. The highest BCUT2D eigenvalue weighted by atomic mass is 32.1. The molecule has 0 saturated carbocycles. The molecular weight excluding hydrogens is 835 g/mol. The topological polar surface area (TPSA) is 42.8 Å². The van der Waals surface area contributed by atoms with Crippen molar-refractivity contribution in [1.29, 1.82) is 0 Å². The lowest BCUT2D eigenvalue weighted by molar-refractivity contribution is 0.667. The summed E-state index contributed by atoms with van der Waals surface area (Å²) in [6.07, 6.45) is 5.02.